The molecule has 0 aliphatic rings. The maximum atomic E-state index is 9.02. The van der Waals surface area contributed by atoms with E-state index in [1.54, 1.807) is 22.7 Å². The van der Waals surface area contributed by atoms with Gasteiger partial charge in [0.05, 0.1) is 14.6 Å². The first-order valence-electron chi connectivity index (χ1n) is 6.80. The van der Waals surface area contributed by atoms with Crippen molar-refractivity contribution in [2.24, 2.45) is 0 Å². The van der Waals surface area contributed by atoms with E-state index in [0.717, 1.165) is 20.2 Å². The van der Waals surface area contributed by atoms with E-state index in [1.165, 1.54) is 0 Å². The molecular weight excluding hydrogens is 312 g/mol. The van der Waals surface area contributed by atoms with Crippen LogP contribution >= 0.6 is 22.7 Å². The van der Waals surface area contributed by atoms with Gasteiger partial charge in [0.25, 0.3) is 0 Å². The van der Waals surface area contributed by atoms with Crippen molar-refractivity contribution < 1.29 is 5.11 Å². The number of hydrogen-bond acceptors (Lipinski definition) is 3. The van der Waals surface area contributed by atoms with Gasteiger partial charge in [-0.05, 0) is 47.4 Å². The van der Waals surface area contributed by atoms with Crippen molar-refractivity contribution in [3.63, 3.8) is 0 Å². The quantitative estimate of drug-likeness (QED) is 0.652. The van der Waals surface area contributed by atoms with E-state index in [9.17, 15) is 0 Å². The second kappa shape index (κ2) is 7.11. The minimum absolute atomic E-state index is 0.168. The van der Waals surface area contributed by atoms with Crippen LogP contribution < -0.4 is 0 Å². The normalized spacial score (nSPS) is 10.5. The highest BCUT2D eigenvalue weighted by Crippen LogP contribution is 2.18. The lowest BCUT2D eigenvalue weighted by Gasteiger charge is -2.02. The van der Waals surface area contributed by atoms with Crippen LogP contribution in [0.1, 0.15) is 20.2 Å². The highest BCUT2D eigenvalue weighted by atomic mass is 32.1. The standard InChI is InChI=1S/C17H18OS2Si/c1-21(2,3)13-10-16-5-4-15(20-16)6-7-17-14(8-11-18)9-12-19-17/h4-5,9,12,18H,8,11H2,1-3H3. The number of hydrogen-bond donors (Lipinski definition) is 1. The molecule has 0 fully saturated rings. The number of aliphatic hydroxyl groups excluding tert-OH is 1. The molecule has 0 saturated heterocycles. The van der Waals surface area contributed by atoms with Gasteiger partial charge in [0.1, 0.15) is 8.07 Å². The minimum Gasteiger partial charge on any atom is -0.396 e. The van der Waals surface area contributed by atoms with Gasteiger partial charge in [-0.1, -0.05) is 25.6 Å². The lowest BCUT2D eigenvalue weighted by molar-refractivity contribution is 0.299. The topological polar surface area (TPSA) is 20.2 Å². The lowest BCUT2D eigenvalue weighted by Crippen LogP contribution is -2.16. The summed E-state index contributed by atoms with van der Waals surface area (Å²) in [4.78, 5) is 3.17. The Morgan fingerprint density at radius 1 is 1.05 bits per heavy atom. The minimum atomic E-state index is -1.32. The molecule has 2 heterocycles. The first-order chi connectivity index (χ1) is 9.98. The fraction of sp³-hybridized carbons (Fsp3) is 0.294. The molecule has 0 radical (unpaired) electrons. The van der Waals surface area contributed by atoms with E-state index in [0.29, 0.717) is 6.42 Å². The molecule has 0 bridgehead atoms. The summed E-state index contributed by atoms with van der Waals surface area (Å²) < 4.78 is 0. The molecule has 1 nitrogen and oxygen atoms in total. The highest BCUT2D eigenvalue weighted by Gasteiger charge is 2.07. The molecule has 0 aromatic carbocycles. The number of thiophene rings is 2. The van der Waals surface area contributed by atoms with Crippen molar-refractivity contribution in [3.8, 4) is 23.3 Å². The summed E-state index contributed by atoms with van der Waals surface area (Å²) in [5, 5.41) is 11.0. The molecule has 2 aromatic heterocycles. The molecule has 0 saturated carbocycles. The van der Waals surface area contributed by atoms with Crippen LogP contribution in [-0.2, 0) is 6.42 Å². The summed E-state index contributed by atoms with van der Waals surface area (Å²) >= 11 is 3.27. The molecule has 0 atom stereocenters. The summed E-state index contributed by atoms with van der Waals surface area (Å²) in [7, 11) is -1.32. The molecule has 2 rings (SSSR count). The molecule has 0 aliphatic carbocycles. The summed E-state index contributed by atoms with van der Waals surface area (Å²) in [6.07, 6.45) is 0.672. The van der Waals surface area contributed by atoms with Crippen molar-refractivity contribution in [1.29, 1.82) is 0 Å². The Hall–Kier alpha value is -1.30. The predicted octanol–water partition coefficient (Wildman–Crippen LogP) is 3.97. The van der Waals surface area contributed by atoms with Crippen LogP contribution in [-0.4, -0.2) is 19.8 Å². The lowest BCUT2D eigenvalue weighted by atomic mass is 10.2. The van der Waals surface area contributed by atoms with Gasteiger partial charge in [-0.3, -0.25) is 0 Å². The van der Waals surface area contributed by atoms with Crippen LogP contribution in [0.2, 0.25) is 19.6 Å². The Labute approximate surface area is 135 Å². The van der Waals surface area contributed by atoms with Gasteiger partial charge in [0.2, 0.25) is 0 Å². The molecule has 0 amide bonds. The van der Waals surface area contributed by atoms with Crippen LogP contribution in [0.4, 0.5) is 0 Å². The van der Waals surface area contributed by atoms with E-state index in [1.807, 2.05) is 23.6 Å². The van der Waals surface area contributed by atoms with Gasteiger partial charge in [-0.25, -0.2) is 0 Å². The van der Waals surface area contributed by atoms with E-state index in [2.05, 4.69) is 42.9 Å². The predicted molar refractivity (Wildman–Crippen MR) is 95.6 cm³/mol. The smallest absolute Gasteiger partial charge is 0.129 e. The first-order valence-corrected chi connectivity index (χ1v) is 12.0. The average Bonchev–Trinajstić information content (AvgIpc) is 3.03. The third kappa shape index (κ3) is 5.19. The maximum absolute atomic E-state index is 9.02. The molecule has 0 spiro atoms. The van der Waals surface area contributed by atoms with Crippen molar-refractivity contribution in [1.82, 2.24) is 0 Å². The van der Waals surface area contributed by atoms with E-state index in [-0.39, 0.29) is 6.61 Å². The number of rotatable bonds is 2. The molecule has 4 heteroatoms. The largest absolute Gasteiger partial charge is 0.396 e. The summed E-state index contributed by atoms with van der Waals surface area (Å²) in [5.41, 5.74) is 4.50. The maximum Gasteiger partial charge on any atom is 0.129 e. The van der Waals surface area contributed by atoms with Gasteiger partial charge >= 0.3 is 0 Å². The van der Waals surface area contributed by atoms with Crippen molar-refractivity contribution in [3.05, 3.63) is 43.8 Å². The first kappa shape index (κ1) is 16.1. The Kier molecular flexibility index (Phi) is 5.44. The zero-order chi connectivity index (χ0) is 15.3. The van der Waals surface area contributed by atoms with Crippen LogP contribution in [0, 0.1) is 23.3 Å². The van der Waals surface area contributed by atoms with Crippen molar-refractivity contribution >= 4 is 30.7 Å². The van der Waals surface area contributed by atoms with E-state index < -0.39 is 8.07 Å². The Morgan fingerprint density at radius 3 is 2.43 bits per heavy atom. The molecule has 21 heavy (non-hydrogen) atoms. The van der Waals surface area contributed by atoms with Gasteiger partial charge in [0, 0.05) is 6.61 Å². The monoisotopic (exact) mass is 330 g/mol. The zero-order valence-corrected chi connectivity index (χ0v) is 15.1. The van der Waals surface area contributed by atoms with Gasteiger partial charge < -0.3 is 5.11 Å². The van der Waals surface area contributed by atoms with Crippen molar-refractivity contribution in [2.75, 3.05) is 6.61 Å². The Bertz CT molecular complexity index is 726. The van der Waals surface area contributed by atoms with Gasteiger partial charge in [0.15, 0.2) is 0 Å². The fourth-order valence-electron chi connectivity index (χ4n) is 1.60. The number of aliphatic hydroxyl groups is 1. The Balaban J connectivity index is 2.14. The summed E-state index contributed by atoms with van der Waals surface area (Å²) in [6, 6.07) is 6.11. The third-order valence-corrected chi connectivity index (χ3v) is 5.26. The van der Waals surface area contributed by atoms with Crippen LogP contribution in [0.3, 0.4) is 0 Å². The second-order valence-corrected chi connectivity index (χ2v) is 12.4. The van der Waals surface area contributed by atoms with Crippen molar-refractivity contribution in [2.45, 2.75) is 26.1 Å². The van der Waals surface area contributed by atoms with Crippen LogP contribution in [0.25, 0.3) is 0 Å². The molecule has 2 aromatic rings. The van der Waals surface area contributed by atoms with Gasteiger partial charge in [-0.2, -0.15) is 0 Å². The fourth-order valence-corrected chi connectivity index (χ4v) is 3.72. The average molecular weight is 331 g/mol. The SMILES string of the molecule is C[Si](C)(C)C#Cc1ccc(C#Cc2sccc2CCO)s1. The van der Waals surface area contributed by atoms with E-state index >= 15 is 0 Å². The highest BCUT2D eigenvalue weighted by molar-refractivity contribution is 7.13. The molecule has 0 unspecified atom stereocenters. The van der Waals surface area contributed by atoms with Crippen LogP contribution in [0.5, 0.6) is 0 Å². The second-order valence-electron chi connectivity index (χ2n) is 5.66. The molecule has 108 valence electrons. The van der Waals surface area contributed by atoms with Gasteiger partial charge in [-0.15, -0.1) is 28.2 Å². The third-order valence-electron chi connectivity index (χ3n) is 2.59. The molecule has 0 aliphatic heterocycles. The van der Waals surface area contributed by atoms with E-state index in [4.69, 9.17) is 5.11 Å². The summed E-state index contributed by atoms with van der Waals surface area (Å²) in [5.74, 6) is 9.67. The summed E-state index contributed by atoms with van der Waals surface area (Å²) in [6.45, 7) is 6.90. The van der Waals surface area contributed by atoms with Crippen LogP contribution in [0.15, 0.2) is 23.6 Å². The Morgan fingerprint density at radius 2 is 1.76 bits per heavy atom. The molecular formula is C17H18OS2Si. The molecule has 1 N–H and O–H groups in total. The zero-order valence-electron chi connectivity index (χ0n) is 12.5.